The number of hydrogen-bond donors (Lipinski definition) is 2. The van der Waals surface area contributed by atoms with Gasteiger partial charge in [-0.2, -0.15) is 0 Å². The van der Waals surface area contributed by atoms with E-state index in [0.29, 0.717) is 6.42 Å². The minimum Gasteiger partial charge on any atom is -0.369 e. The first kappa shape index (κ1) is 10.0. The van der Waals surface area contributed by atoms with Crippen molar-refractivity contribution in [2.45, 2.75) is 26.2 Å². The largest absolute Gasteiger partial charge is 0.369 e. The third-order valence-corrected chi connectivity index (χ3v) is 2.63. The normalized spacial score (nSPS) is 24.1. The van der Waals surface area contributed by atoms with E-state index in [4.69, 9.17) is 5.73 Å². The Labute approximate surface area is 77.9 Å². The predicted molar refractivity (Wildman–Crippen MR) is 48.7 cm³/mol. The lowest BCUT2D eigenvalue weighted by atomic mass is 9.91. The van der Waals surface area contributed by atoms with Crippen LogP contribution >= 0.6 is 0 Å². The molecule has 2 amide bonds. The maximum atomic E-state index is 11.2. The Kier molecular flexibility index (Phi) is 3.28. The Morgan fingerprint density at radius 3 is 2.85 bits per heavy atom. The lowest BCUT2D eigenvalue weighted by Crippen LogP contribution is -2.27. The number of rotatable bonds is 4. The Bertz CT molecular complexity index is 216. The third-order valence-electron chi connectivity index (χ3n) is 2.63. The number of nitrogens with two attached hydrogens (primary N) is 1. The van der Waals surface area contributed by atoms with Crippen LogP contribution in [0.5, 0.6) is 0 Å². The van der Waals surface area contributed by atoms with Gasteiger partial charge in [0.05, 0.1) is 0 Å². The molecule has 2 atom stereocenters. The second-order valence-corrected chi connectivity index (χ2v) is 3.52. The third kappa shape index (κ3) is 2.44. The van der Waals surface area contributed by atoms with E-state index in [0.717, 1.165) is 19.4 Å². The Morgan fingerprint density at radius 1 is 1.77 bits per heavy atom. The number of carbonyl (C=O) groups is 2. The molecule has 0 spiro atoms. The zero-order valence-corrected chi connectivity index (χ0v) is 7.88. The van der Waals surface area contributed by atoms with Crippen molar-refractivity contribution in [3.8, 4) is 0 Å². The molecule has 1 fully saturated rings. The topological polar surface area (TPSA) is 72.2 Å². The highest BCUT2D eigenvalue weighted by molar-refractivity contribution is 5.82. The van der Waals surface area contributed by atoms with E-state index in [-0.39, 0.29) is 23.7 Å². The quantitative estimate of drug-likeness (QED) is 0.646. The van der Waals surface area contributed by atoms with E-state index in [2.05, 4.69) is 5.32 Å². The summed E-state index contributed by atoms with van der Waals surface area (Å²) in [5.41, 5.74) is 5.20. The molecule has 0 aromatic heterocycles. The highest BCUT2D eigenvalue weighted by atomic mass is 16.2. The average Bonchev–Trinajstić information content (AvgIpc) is 2.46. The average molecular weight is 184 g/mol. The van der Waals surface area contributed by atoms with Gasteiger partial charge < -0.3 is 11.1 Å². The lowest BCUT2D eigenvalue weighted by Gasteiger charge is -2.13. The summed E-state index contributed by atoms with van der Waals surface area (Å²) in [6.45, 7) is 2.65. The monoisotopic (exact) mass is 184 g/mol. The molecule has 13 heavy (non-hydrogen) atoms. The molecule has 0 bridgehead atoms. The van der Waals surface area contributed by atoms with E-state index >= 15 is 0 Å². The Morgan fingerprint density at radius 2 is 2.46 bits per heavy atom. The van der Waals surface area contributed by atoms with Crippen molar-refractivity contribution in [3.63, 3.8) is 0 Å². The summed E-state index contributed by atoms with van der Waals surface area (Å²) in [4.78, 5) is 22.1. The summed E-state index contributed by atoms with van der Waals surface area (Å²) >= 11 is 0. The van der Waals surface area contributed by atoms with Crippen LogP contribution in [0.1, 0.15) is 26.2 Å². The molecule has 0 saturated carbocycles. The molecular weight excluding hydrogens is 168 g/mol. The molecule has 0 aromatic rings. The van der Waals surface area contributed by atoms with Crippen LogP contribution in [-0.4, -0.2) is 18.4 Å². The molecule has 2 unspecified atom stereocenters. The smallest absolute Gasteiger partial charge is 0.223 e. The van der Waals surface area contributed by atoms with Crippen molar-refractivity contribution in [2.24, 2.45) is 17.6 Å². The molecule has 1 heterocycles. The first-order valence-electron chi connectivity index (χ1n) is 4.72. The molecule has 3 N–H and O–H groups in total. The molecule has 1 saturated heterocycles. The Balaban J connectivity index is 2.45. The molecule has 0 aliphatic carbocycles. The zero-order chi connectivity index (χ0) is 9.84. The molecule has 4 heteroatoms. The summed E-state index contributed by atoms with van der Waals surface area (Å²) < 4.78 is 0. The zero-order valence-electron chi connectivity index (χ0n) is 7.88. The number of primary amides is 1. The second kappa shape index (κ2) is 4.25. The van der Waals surface area contributed by atoms with E-state index < -0.39 is 0 Å². The highest BCUT2D eigenvalue weighted by Crippen LogP contribution is 2.21. The van der Waals surface area contributed by atoms with Gasteiger partial charge in [0.25, 0.3) is 0 Å². The molecular formula is C9H16N2O2. The van der Waals surface area contributed by atoms with Crippen LogP contribution in [0.15, 0.2) is 0 Å². The van der Waals surface area contributed by atoms with Gasteiger partial charge in [-0.05, 0) is 19.3 Å². The van der Waals surface area contributed by atoms with Crippen LogP contribution in [0.3, 0.4) is 0 Å². The van der Waals surface area contributed by atoms with Gasteiger partial charge in [0.1, 0.15) is 0 Å². The van der Waals surface area contributed by atoms with Gasteiger partial charge in [0, 0.05) is 18.4 Å². The fraction of sp³-hybridized carbons (Fsp3) is 0.778. The summed E-state index contributed by atoms with van der Waals surface area (Å²) in [5.74, 6) is -0.367. The van der Waals surface area contributed by atoms with Crippen molar-refractivity contribution >= 4 is 11.8 Å². The Hall–Kier alpha value is -1.06. The molecule has 1 aliphatic rings. The second-order valence-electron chi connectivity index (χ2n) is 3.52. The predicted octanol–water partition coefficient (Wildman–Crippen LogP) is 0.0241. The number of hydrogen-bond acceptors (Lipinski definition) is 2. The minimum absolute atomic E-state index is 0.00236. The number of amides is 2. The van der Waals surface area contributed by atoms with Crippen molar-refractivity contribution in [2.75, 3.05) is 6.54 Å². The fourth-order valence-corrected chi connectivity index (χ4v) is 1.70. The maximum Gasteiger partial charge on any atom is 0.223 e. The van der Waals surface area contributed by atoms with Crippen LogP contribution in [0.2, 0.25) is 0 Å². The molecule has 1 rings (SSSR count). The van der Waals surface area contributed by atoms with Gasteiger partial charge >= 0.3 is 0 Å². The van der Waals surface area contributed by atoms with E-state index in [1.807, 2.05) is 6.92 Å². The van der Waals surface area contributed by atoms with Crippen molar-refractivity contribution < 1.29 is 9.59 Å². The van der Waals surface area contributed by atoms with Crippen LogP contribution in [0.4, 0.5) is 0 Å². The SMILES string of the molecule is CCC(CC1CCNC1=O)C(N)=O. The van der Waals surface area contributed by atoms with Gasteiger partial charge in [-0.3, -0.25) is 9.59 Å². The van der Waals surface area contributed by atoms with E-state index in [1.54, 1.807) is 0 Å². The van der Waals surface area contributed by atoms with Crippen LogP contribution in [-0.2, 0) is 9.59 Å². The summed E-state index contributed by atoms with van der Waals surface area (Å²) in [5, 5.41) is 2.75. The first-order valence-corrected chi connectivity index (χ1v) is 4.72. The molecule has 1 aliphatic heterocycles. The van der Waals surface area contributed by atoms with Crippen LogP contribution in [0, 0.1) is 11.8 Å². The van der Waals surface area contributed by atoms with Crippen LogP contribution in [0.25, 0.3) is 0 Å². The van der Waals surface area contributed by atoms with Gasteiger partial charge in [-0.15, -0.1) is 0 Å². The lowest BCUT2D eigenvalue weighted by molar-refractivity contribution is -0.125. The van der Waals surface area contributed by atoms with E-state index in [1.165, 1.54) is 0 Å². The molecule has 0 aromatic carbocycles. The minimum atomic E-state index is -0.290. The van der Waals surface area contributed by atoms with Crippen molar-refractivity contribution in [3.05, 3.63) is 0 Å². The van der Waals surface area contributed by atoms with Crippen LogP contribution < -0.4 is 11.1 Å². The standard InChI is InChI=1S/C9H16N2O2/c1-2-6(8(10)12)5-7-3-4-11-9(7)13/h6-7H,2-5H2,1H3,(H2,10,12)(H,11,13). The summed E-state index contributed by atoms with van der Waals surface area (Å²) in [6.07, 6.45) is 2.17. The van der Waals surface area contributed by atoms with Gasteiger partial charge in [-0.25, -0.2) is 0 Å². The van der Waals surface area contributed by atoms with Gasteiger partial charge in [0.2, 0.25) is 11.8 Å². The fourth-order valence-electron chi connectivity index (χ4n) is 1.70. The molecule has 4 nitrogen and oxygen atoms in total. The van der Waals surface area contributed by atoms with Crippen molar-refractivity contribution in [1.82, 2.24) is 5.32 Å². The molecule has 74 valence electrons. The van der Waals surface area contributed by atoms with Gasteiger partial charge in [-0.1, -0.05) is 6.92 Å². The van der Waals surface area contributed by atoms with Crippen molar-refractivity contribution in [1.29, 1.82) is 0 Å². The summed E-state index contributed by atoms with van der Waals surface area (Å²) in [7, 11) is 0. The maximum absolute atomic E-state index is 11.2. The number of carbonyl (C=O) groups excluding carboxylic acids is 2. The first-order chi connectivity index (χ1) is 6.15. The summed E-state index contributed by atoms with van der Waals surface area (Å²) in [6, 6.07) is 0. The number of nitrogens with one attached hydrogen (secondary N) is 1. The molecule has 0 radical (unpaired) electrons. The van der Waals surface area contributed by atoms with E-state index in [9.17, 15) is 9.59 Å². The van der Waals surface area contributed by atoms with Gasteiger partial charge in [0.15, 0.2) is 0 Å². The highest BCUT2D eigenvalue weighted by Gasteiger charge is 2.28.